The fourth-order valence-electron chi connectivity index (χ4n) is 3.40. The summed E-state index contributed by atoms with van der Waals surface area (Å²) in [5.74, 6) is -0.235. The predicted molar refractivity (Wildman–Crippen MR) is 134 cm³/mol. The van der Waals surface area contributed by atoms with Crippen LogP contribution >= 0.6 is 23.2 Å². The number of methoxy groups -OCH3 is 1. The maximum Gasteiger partial charge on any atom is 0.440 e. The first kappa shape index (κ1) is 25.2. The van der Waals surface area contributed by atoms with Crippen molar-refractivity contribution in [2.75, 3.05) is 7.11 Å². The molecule has 0 amide bonds. The lowest BCUT2D eigenvalue weighted by Crippen LogP contribution is -2.27. The van der Waals surface area contributed by atoms with Gasteiger partial charge in [0.05, 0.1) is 23.7 Å². The van der Waals surface area contributed by atoms with Crippen LogP contribution in [-0.2, 0) is 6.54 Å². The first-order valence-electron chi connectivity index (χ1n) is 10.7. The lowest BCUT2D eigenvalue weighted by molar-refractivity contribution is 0.351. The molecule has 0 radical (unpaired) electrons. The summed E-state index contributed by atoms with van der Waals surface area (Å²) in [5.41, 5.74) is 0.343. The number of nitrogens with zero attached hydrogens (tertiary/aromatic N) is 3. The highest BCUT2D eigenvalue weighted by Crippen LogP contribution is 2.39. The van der Waals surface area contributed by atoms with Gasteiger partial charge in [0.15, 0.2) is 11.4 Å². The Morgan fingerprint density at radius 2 is 1.72 bits per heavy atom. The lowest BCUT2D eigenvalue weighted by atomic mass is 10.1. The van der Waals surface area contributed by atoms with Gasteiger partial charge in [0.1, 0.15) is 5.75 Å². The maximum absolute atomic E-state index is 13.0. The maximum atomic E-state index is 13.0. The SMILES string of the molecule is COc1ccc(Cn2nc(Oc3c(Cl)cc(-c4noc(=O)[nH]c4=O)cc3Cl)cc(C(C)C)c2=O)cc1. The Morgan fingerprint density at radius 3 is 2.31 bits per heavy atom. The zero-order valence-electron chi connectivity index (χ0n) is 19.4. The highest BCUT2D eigenvalue weighted by molar-refractivity contribution is 6.37. The summed E-state index contributed by atoms with van der Waals surface area (Å²) in [6, 6.07) is 11.6. The van der Waals surface area contributed by atoms with Gasteiger partial charge in [-0.3, -0.25) is 19.1 Å². The number of hydrogen-bond donors (Lipinski definition) is 1. The first-order chi connectivity index (χ1) is 17.2. The van der Waals surface area contributed by atoms with Gasteiger partial charge in [0.2, 0.25) is 5.88 Å². The summed E-state index contributed by atoms with van der Waals surface area (Å²) in [6.07, 6.45) is 0. The van der Waals surface area contributed by atoms with Crippen LogP contribution in [0.2, 0.25) is 10.0 Å². The van der Waals surface area contributed by atoms with E-state index in [4.69, 9.17) is 32.7 Å². The number of aromatic nitrogens is 4. The summed E-state index contributed by atoms with van der Waals surface area (Å²) in [4.78, 5) is 38.2. The molecule has 0 bridgehead atoms. The molecular weight excluding hydrogens is 511 g/mol. The molecule has 2 aromatic carbocycles. The average Bonchev–Trinajstić information content (AvgIpc) is 2.83. The summed E-state index contributed by atoms with van der Waals surface area (Å²) in [7, 11) is 1.58. The summed E-state index contributed by atoms with van der Waals surface area (Å²) >= 11 is 12.8. The van der Waals surface area contributed by atoms with Crippen LogP contribution < -0.4 is 26.3 Å². The highest BCUT2D eigenvalue weighted by atomic mass is 35.5. The molecular formula is C24H20Cl2N4O6. The van der Waals surface area contributed by atoms with Crippen LogP contribution in [0.4, 0.5) is 0 Å². The van der Waals surface area contributed by atoms with Gasteiger partial charge in [-0.25, -0.2) is 9.48 Å². The van der Waals surface area contributed by atoms with Crippen molar-refractivity contribution < 1.29 is 14.0 Å². The Balaban J connectivity index is 1.71. The highest BCUT2D eigenvalue weighted by Gasteiger charge is 2.18. The van der Waals surface area contributed by atoms with Gasteiger partial charge in [-0.1, -0.05) is 54.3 Å². The number of nitrogens with one attached hydrogen (secondary N) is 1. The Hall–Kier alpha value is -3.89. The molecule has 0 spiro atoms. The molecule has 0 aliphatic heterocycles. The van der Waals surface area contributed by atoms with Crippen LogP contribution in [0.3, 0.4) is 0 Å². The fraction of sp³-hybridized carbons (Fsp3) is 0.208. The molecule has 4 rings (SSSR count). The molecule has 0 unspecified atom stereocenters. The summed E-state index contributed by atoms with van der Waals surface area (Å²) in [6.45, 7) is 3.97. The van der Waals surface area contributed by atoms with E-state index in [9.17, 15) is 14.4 Å². The van der Waals surface area contributed by atoms with Crippen molar-refractivity contribution in [2.45, 2.75) is 26.3 Å². The van der Waals surface area contributed by atoms with E-state index in [1.54, 1.807) is 19.2 Å². The van der Waals surface area contributed by atoms with Gasteiger partial charge in [-0.15, -0.1) is 5.10 Å². The van der Waals surface area contributed by atoms with Gasteiger partial charge in [-0.2, -0.15) is 0 Å². The van der Waals surface area contributed by atoms with Crippen LogP contribution in [0.5, 0.6) is 17.4 Å². The van der Waals surface area contributed by atoms with E-state index in [0.29, 0.717) is 11.3 Å². The van der Waals surface area contributed by atoms with Crippen LogP contribution in [0, 0.1) is 0 Å². The average molecular weight is 531 g/mol. The van der Waals surface area contributed by atoms with Crippen molar-refractivity contribution in [3.05, 3.63) is 94.9 Å². The largest absolute Gasteiger partial charge is 0.497 e. The molecule has 186 valence electrons. The zero-order valence-corrected chi connectivity index (χ0v) is 20.9. The van der Waals surface area contributed by atoms with Crippen molar-refractivity contribution in [1.82, 2.24) is 19.9 Å². The second kappa shape index (κ2) is 10.4. The Bertz CT molecular complexity index is 1570. The van der Waals surface area contributed by atoms with E-state index in [1.807, 2.05) is 31.0 Å². The number of aromatic amines is 1. The number of benzene rings is 2. The molecule has 2 heterocycles. The second-order valence-electron chi connectivity index (χ2n) is 8.05. The van der Waals surface area contributed by atoms with Crippen molar-refractivity contribution >= 4 is 23.2 Å². The summed E-state index contributed by atoms with van der Waals surface area (Å²) < 4.78 is 16.9. The minimum absolute atomic E-state index is 0.0469. The van der Waals surface area contributed by atoms with Crippen molar-refractivity contribution in [3.8, 4) is 28.6 Å². The third-order valence-corrected chi connectivity index (χ3v) is 5.78. The molecule has 1 N–H and O–H groups in total. The Labute approximate surface area is 214 Å². The van der Waals surface area contributed by atoms with Crippen LogP contribution in [-0.4, -0.2) is 27.0 Å². The topological polar surface area (TPSA) is 129 Å². The van der Waals surface area contributed by atoms with E-state index < -0.39 is 11.3 Å². The normalized spacial score (nSPS) is 11.1. The lowest BCUT2D eigenvalue weighted by Gasteiger charge is -2.15. The number of rotatable bonds is 7. The number of ether oxygens (including phenoxy) is 2. The smallest absolute Gasteiger partial charge is 0.440 e. The molecule has 12 heteroatoms. The molecule has 10 nitrogen and oxygen atoms in total. The molecule has 36 heavy (non-hydrogen) atoms. The number of hydrogen-bond acceptors (Lipinski definition) is 8. The van der Waals surface area contributed by atoms with Crippen LogP contribution in [0.1, 0.15) is 30.9 Å². The van der Waals surface area contributed by atoms with E-state index in [2.05, 4.69) is 14.8 Å². The van der Waals surface area contributed by atoms with Gasteiger partial charge < -0.3 is 9.47 Å². The van der Waals surface area contributed by atoms with Crippen molar-refractivity contribution in [1.29, 1.82) is 0 Å². The second-order valence-corrected chi connectivity index (χ2v) is 8.86. The monoisotopic (exact) mass is 530 g/mol. The van der Waals surface area contributed by atoms with Gasteiger partial charge in [0, 0.05) is 17.2 Å². The minimum atomic E-state index is -0.988. The molecule has 0 aliphatic rings. The standard InChI is InChI=1S/C24H20Cl2N4O6/c1-12(2)16-10-19(28-30(23(16)32)11-13-4-6-15(34-3)7-5-13)35-21-17(25)8-14(9-18(21)26)20-22(31)27-24(33)36-29-20/h4-10,12H,11H2,1-3H3,(H,27,31,33). The third-order valence-electron chi connectivity index (χ3n) is 5.22. The fourth-order valence-corrected chi connectivity index (χ4v) is 3.96. The summed E-state index contributed by atoms with van der Waals surface area (Å²) in [5, 5.41) is 7.94. The Kier molecular flexibility index (Phi) is 7.27. The number of H-pyrrole nitrogens is 1. The Morgan fingerprint density at radius 1 is 1.06 bits per heavy atom. The zero-order chi connectivity index (χ0) is 26.0. The van der Waals surface area contributed by atoms with E-state index in [1.165, 1.54) is 22.9 Å². The first-order valence-corrected chi connectivity index (χ1v) is 11.4. The molecule has 0 fully saturated rings. The molecule has 0 saturated carbocycles. The van der Waals surface area contributed by atoms with Crippen LogP contribution in [0.15, 0.2) is 61.4 Å². The van der Waals surface area contributed by atoms with Crippen LogP contribution in [0.25, 0.3) is 11.3 Å². The number of halogens is 2. The van der Waals surface area contributed by atoms with Gasteiger partial charge in [-0.05, 0) is 35.7 Å². The quantitative estimate of drug-likeness (QED) is 0.375. The molecule has 0 atom stereocenters. The van der Waals surface area contributed by atoms with E-state index >= 15 is 0 Å². The van der Waals surface area contributed by atoms with E-state index in [0.717, 1.165) is 5.56 Å². The van der Waals surface area contributed by atoms with Gasteiger partial charge in [0.25, 0.3) is 11.1 Å². The van der Waals surface area contributed by atoms with Crippen molar-refractivity contribution in [2.24, 2.45) is 0 Å². The van der Waals surface area contributed by atoms with Crippen molar-refractivity contribution in [3.63, 3.8) is 0 Å². The third kappa shape index (κ3) is 5.34. The predicted octanol–water partition coefficient (Wildman–Crippen LogP) is 4.23. The molecule has 4 aromatic rings. The molecule has 0 aliphatic carbocycles. The molecule has 2 aromatic heterocycles. The van der Waals surface area contributed by atoms with E-state index in [-0.39, 0.29) is 51.0 Å². The van der Waals surface area contributed by atoms with Gasteiger partial charge >= 0.3 is 5.76 Å². The minimum Gasteiger partial charge on any atom is -0.497 e. The molecule has 0 saturated heterocycles.